The Morgan fingerprint density at radius 2 is 1.86 bits per heavy atom. The van der Waals surface area contributed by atoms with Crippen molar-refractivity contribution in [2.75, 3.05) is 5.75 Å². The zero-order valence-corrected chi connectivity index (χ0v) is 17.3. The Bertz CT molecular complexity index is 999. The van der Waals surface area contributed by atoms with Crippen molar-refractivity contribution in [1.82, 2.24) is 10.3 Å². The van der Waals surface area contributed by atoms with Crippen molar-refractivity contribution in [3.8, 4) is 11.5 Å². The molecule has 1 N–H and O–H groups in total. The molecule has 5 nitrogen and oxygen atoms in total. The van der Waals surface area contributed by atoms with Gasteiger partial charge >= 0.3 is 0 Å². The van der Waals surface area contributed by atoms with Gasteiger partial charge in [-0.2, -0.15) is 0 Å². The van der Waals surface area contributed by atoms with E-state index in [4.69, 9.17) is 16.0 Å². The molecule has 0 spiro atoms. The van der Waals surface area contributed by atoms with Gasteiger partial charge in [0, 0.05) is 27.9 Å². The summed E-state index contributed by atoms with van der Waals surface area (Å²) in [7, 11) is -1.39. The number of carbonyl (C=O) groups is 1. The quantitative estimate of drug-likeness (QED) is 0.627. The molecule has 0 saturated carbocycles. The smallest absolute Gasteiger partial charge is 0.232 e. The number of aromatic nitrogens is 1. The molecule has 3 rings (SSSR count). The van der Waals surface area contributed by atoms with Crippen LogP contribution in [-0.2, 0) is 27.9 Å². The molecule has 28 heavy (non-hydrogen) atoms. The SMILES string of the molecule is Cc1ccc(-c2nc(CS(=O)CC(=O)NCc3ccccc3Cl)c(C)o2)cc1. The zero-order valence-electron chi connectivity index (χ0n) is 15.7. The summed E-state index contributed by atoms with van der Waals surface area (Å²) < 4.78 is 18.1. The maximum absolute atomic E-state index is 12.4. The molecule has 0 aliphatic rings. The molecule has 1 heterocycles. The Balaban J connectivity index is 1.56. The summed E-state index contributed by atoms with van der Waals surface area (Å²) >= 11 is 6.07. The van der Waals surface area contributed by atoms with Crippen LogP contribution in [0.25, 0.3) is 11.5 Å². The molecule has 0 bridgehead atoms. The lowest BCUT2D eigenvalue weighted by Gasteiger charge is -2.06. The average molecular weight is 417 g/mol. The van der Waals surface area contributed by atoms with Gasteiger partial charge in [-0.05, 0) is 37.6 Å². The Morgan fingerprint density at radius 1 is 1.14 bits per heavy atom. The number of oxazole rings is 1. The maximum Gasteiger partial charge on any atom is 0.232 e. The summed E-state index contributed by atoms with van der Waals surface area (Å²) in [6.45, 7) is 4.10. The van der Waals surface area contributed by atoms with Gasteiger partial charge in [0.1, 0.15) is 11.5 Å². The second-order valence-corrected chi connectivity index (χ2v) is 8.35. The molecule has 0 fully saturated rings. The minimum absolute atomic E-state index is 0.101. The van der Waals surface area contributed by atoms with Crippen LogP contribution in [0.3, 0.4) is 0 Å². The summed E-state index contributed by atoms with van der Waals surface area (Å²) in [6, 6.07) is 15.1. The molecular weight excluding hydrogens is 396 g/mol. The molecule has 0 saturated heterocycles. The highest BCUT2D eigenvalue weighted by atomic mass is 35.5. The van der Waals surface area contributed by atoms with Crippen LogP contribution in [0.1, 0.15) is 22.6 Å². The van der Waals surface area contributed by atoms with Crippen LogP contribution in [0.15, 0.2) is 52.9 Å². The van der Waals surface area contributed by atoms with Gasteiger partial charge in [0.2, 0.25) is 11.8 Å². The minimum Gasteiger partial charge on any atom is -0.441 e. The first-order valence-corrected chi connectivity index (χ1v) is 10.7. The summed E-state index contributed by atoms with van der Waals surface area (Å²) in [5.74, 6) is 0.878. The third-order valence-electron chi connectivity index (χ3n) is 4.21. The lowest BCUT2D eigenvalue weighted by Crippen LogP contribution is -2.28. The summed E-state index contributed by atoms with van der Waals surface area (Å²) in [4.78, 5) is 16.5. The molecule has 0 radical (unpaired) electrons. The van der Waals surface area contributed by atoms with E-state index >= 15 is 0 Å². The van der Waals surface area contributed by atoms with Gasteiger partial charge in [0.15, 0.2) is 0 Å². The number of nitrogens with one attached hydrogen (secondary N) is 1. The van der Waals surface area contributed by atoms with E-state index in [1.54, 1.807) is 13.0 Å². The molecule has 1 atom stereocenters. The standard InChI is InChI=1S/C21H21ClN2O3S/c1-14-7-9-16(10-8-14)21-24-19(15(2)27-21)12-28(26)13-20(25)23-11-17-5-3-4-6-18(17)22/h3-10H,11-13H2,1-2H3,(H,23,25). The van der Waals surface area contributed by atoms with E-state index in [1.807, 2.05) is 49.4 Å². The van der Waals surface area contributed by atoms with Gasteiger partial charge in [-0.1, -0.05) is 47.5 Å². The summed E-state index contributed by atoms with van der Waals surface area (Å²) in [5.41, 5.74) is 3.44. The van der Waals surface area contributed by atoms with E-state index in [1.165, 1.54) is 0 Å². The molecule has 0 aliphatic heterocycles. The fourth-order valence-corrected chi connectivity index (χ4v) is 3.89. The summed E-state index contributed by atoms with van der Waals surface area (Å²) in [6.07, 6.45) is 0. The number of rotatable bonds is 7. The minimum atomic E-state index is -1.39. The number of benzene rings is 2. The van der Waals surface area contributed by atoms with Crippen LogP contribution >= 0.6 is 11.6 Å². The summed E-state index contributed by atoms with van der Waals surface area (Å²) in [5, 5.41) is 3.34. The van der Waals surface area contributed by atoms with Gasteiger partial charge in [-0.3, -0.25) is 9.00 Å². The largest absolute Gasteiger partial charge is 0.441 e. The fourth-order valence-electron chi connectivity index (χ4n) is 2.62. The van der Waals surface area contributed by atoms with Crippen molar-refractivity contribution in [1.29, 1.82) is 0 Å². The monoisotopic (exact) mass is 416 g/mol. The Labute approximate surface area is 171 Å². The molecular formula is C21H21ClN2O3S. The van der Waals surface area contributed by atoms with Crippen molar-refractivity contribution < 1.29 is 13.4 Å². The van der Waals surface area contributed by atoms with E-state index in [-0.39, 0.29) is 17.4 Å². The number of halogens is 1. The van der Waals surface area contributed by atoms with E-state index in [0.717, 1.165) is 16.7 Å². The van der Waals surface area contributed by atoms with Gasteiger partial charge in [-0.25, -0.2) is 4.98 Å². The van der Waals surface area contributed by atoms with Crippen molar-refractivity contribution in [2.45, 2.75) is 26.1 Å². The van der Waals surface area contributed by atoms with Crippen LogP contribution in [0, 0.1) is 13.8 Å². The normalized spacial score (nSPS) is 12.0. The van der Waals surface area contributed by atoms with E-state index in [0.29, 0.717) is 28.9 Å². The Kier molecular flexibility index (Phi) is 6.65. The Morgan fingerprint density at radius 3 is 2.57 bits per heavy atom. The molecule has 1 aromatic heterocycles. The molecule has 146 valence electrons. The average Bonchev–Trinajstić information content (AvgIpc) is 3.02. The Hall–Kier alpha value is -2.44. The highest BCUT2D eigenvalue weighted by Gasteiger charge is 2.16. The van der Waals surface area contributed by atoms with E-state index in [2.05, 4.69) is 10.3 Å². The molecule has 1 amide bonds. The van der Waals surface area contributed by atoms with Gasteiger partial charge in [-0.15, -0.1) is 0 Å². The first-order valence-electron chi connectivity index (χ1n) is 8.81. The van der Waals surface area contributed by atoms with Gasteiger partial charge in [0.05, 0.1) is 11.4 Å². The van der Waals surface area contributed by atoms with Gasteiger partial charge < -0.3 is 9.73 Å². The predicted molar refractivity (Wildman–Crippen MR) is 111 cm³/mol. The molecule has 2 aromatic carbocycles. The number of aryl methyl sites for hydroxylation is 2. The van der Waals surface area contributed by atoms with Crippen LogP contribution in [0.2, 0.25) is 5.02 Å². The zero-order chi connectivity index (χ0) is 20.1. The molecule has 7 heteroatoms. The lowest BCUT2D eigenvalue weighted by molar-refractivity contribution is -0.118. The van der Waals surface area contributed by atoms with E-state index < -0.39 is 10.8 Å². The second kappa shape index (κ2) is 9.17. The van der Waals surface area contributed by atoms with Crippen LogP contribution in [0.4, 0.5) is 0 Å². The first kappa shape index (κ1) is 20.3. The van der Waals surface area contributed by atoms with Crippen LogP contribution in [0.5, 0.6) is 0 Å². The van der Waals surface area contributed by atoms with Crippen molar-refractivity contribution in [3.05, 3.63) is 76.1 Å². The van der Waals surface area contributed by atoms with Crippen molar-refractivity contribution in [2.24, 2.45) is 0 Å². The maximum atomic E-state index is 12.4. The number of nitrogens with zero attached hydrogens (tertiary/aromatic N) is 1. The number of amides is 1. The fraction of sp³-hybridized carbons (Fsp3) is 0.238. The number of carbonyl (C=O) groups excluding carboxylic acids is 1. The first-order chi connectivity index (χ1) is 13.4. The third-order valence-corrected chi connectivity index (χ3v) is 5.76. The molecule has 3 aromatic rings. The lowest BCUT2D eigenvalue weighted by atomic mass is 10.1. The van der Waals surface area contributed by atoms with E-state index in [9.17, 15) is 9.00 Å². The third kappa shape index (κ3) is 5.30. The predicted octanol–water partition coefficient (Wildman–Crippen LogP) is 4.18. The van der Waals surface area contributed by atoms with Crippen LogP contribution < -0.4 is 5.32 Å². The van der Waals surface area contributed by atoms with Gasteiger partial charge in [0.25, 0.3) is 0 Å². The van der Waals surface area contributed by atoms with Crippen LogP contribution in [-0.4, -0.2) is 20.9 Å². The molecule has 0 aliphatic carbocycles. The second-order valence-electron chi connectivity index (χ2n) is 6.48. The highest BCUT2D eigenvalue weighted by Crippen LogP contribution is 2.23. The van der Waals surface area contributed by atoms with Crippen molar-refractivity contribution in [3.63, 3.8) is 0 Å². The number of hydrogen-bond donors (Lipinski definition) is 1. The highest BCUT2D eigenvalue weighted by molar-refractivity contribution is 7.84. The van der Waals surface area contributed by atoms with Crippen molar-refractivity contribution >= 4 is 28.3 Å². The topological polar surface area (TPSA) is 72.2 Å². The number of hydrogen-bond acceptors (Lipinski definition) is 4. The molecule has 1 unspecified atom stereocenters.